The fourth-order valence-corrected chi connectivity index (χ4v) is 1.01. The Morgan fingerprint density at radius 2 is 2.46 bits per heavy atom. The van der Waals surface area contributed by atoms with Crippen molar-refractivity contribution in [3.8, 4) is 12.3 Å². The number of carbonyl (C=O) groups is 1. The van der Waals surface area contributed by atoms with Crippen LogP contribution in [0.5, 0.6) is 0 Å². The van der Waals surface area contributed by atoms with Gasteiger partial charge in [-0.3, -0.25) is 4.90 Å². The minimum atomic E-state index is -0.411. The summed E-state index contributed by atoms with van der Waals surface area (Å²) < 4.78 is 4.82. The molecule has 3 nitrogen and oxygen atoms in total. The fraction of sp³-hybridized carbons (Fsp3) is 0.300. The van der Waals surface area contributed by atoms with Crippen LogP contribution in [-0.2, 0) is 4.74 Å². The van der Waals surface area contributed by atoms with E-state index in [2.05, 4.69) is 5.92 Å². The van der Waals surface area contributed by atoms with Gasteiger partial charge < -0.3 is 4.74 Å². The van der Waals surface area contributed by atoms with E-state index >= 15 is 0 Å². The Labute approximate surface area is 77.7 Å². The van der Waals surface area contributed by atoms with Crippen LogP contribution in [-0.4, -0.2) is 23.6 Å². The fourth-order valence-electron chi connectivity index (χ4n) is 1.01. The van der Waals surface area contributed by atoms with Crippen LogP contribution in [0, 0.1) is 12.3 Å². The molecule has 0 aliphatic carbocycles. The molecule has 0 saturated heterocycles. The minimum absolute atomic E-state index is 0.330. The van der Waals surface area contributed by atoms with Crippen LogP contribution in [0.2, 0.25) is 0 Å². The zero-order valence-electron chi connectivity index (χ0n) is 7.43. The zero-order chi connectivity index (χ0) is 9.68. The number of terminal acetylenes is 1. The van der Waals surface area contributed by atoms with Gasteiger partial charge in [-0.1, -0.05) is 12.0 Å². The minimum Gasteiger partial charge on any atom is -0.449 e. The van der Waals surface area contributed by atoms with E-state index in [1.807, 2.05) is 0 Å². The summed E-state index contributed by atoms with van der Waals surface area (Å²) in [7, 11) is 0. The van der Waals surface area contributed by atoms with E-state index in [4.69, 9.17) is 11.2 Å². The van der Waals surface area contributed by atoms with Crippen LogP contribution in [0.1, 0.15) is 6.92 Å². The molecule has 0 radical (unpaired) electrons. The summed E-state index contributed by atoms with van der Waals surface area (Å²) in [6.07, 6.45) is 11.8. The highest BCUT2D eigenvalue weighted by Crippen LogP contribution is 2.09. The van der Waals surface area contributed by atoms with Crippen molar-refractivity contribution in [1.29, 1.82) is 0 Å². The summed E-state index contributed by atoms with van der Waals surface area (Å²) in [5.74, 6) is 2.48. The molecule has 0 aromatic carbocycles. The Kier molecular flexibility index (Phi) is 3.15. The van der Waals surface area contributed by atoms with Crippen LogP contribution in [0.3, 0.4) is 0 Å². The van der Waals surface area contributed by atoms with Crippen LogP contribution in [0.25, 0.3) is 0 Å². The molecule has 1 heterocycles. The lowest BCUT2D eigenvalue weighted by Crippen LogP contribution is -2.35. The van der Waals surface area contributed by atoms with Gasteiger partial charge in [-0.05, 0) is 19.1 Å². The second-order valence-corrected chi connectivity index (χ2v) is 2.44. The van der Waals surface area contributed by atoms with Crippen molar-refractivity contribution < 1.29 is 9.53 Å². The monoisotopic (exact) mass is 177 g/mol. The zero-order valence-corrected chi connectivity index (χ0v) is 7.43. The largest absolute Gasteiger partial charge is 0.449 e. The van der Waals surface area contributed by atoms with E-state index in [1.54, 1.807) is 31.4 Å². The van der Waals surface area contributed by atoms with Crippen LogP contribution < -0.4 is 0 Å². The number of hydrogen-bond donors (Lipinski definition) is 0. The highest BCUT2D eigenvalue weighted by molar-refractivity contribution is 5.70. The van der Waals surface area contributed by atoms with Gasteiger partial charge in [-0.2, -0.15) is 0 Å². The Balaban J connectivity index is 2.68. The standard InChI is InChI=1S/C10H11NO2/c1-3-9-7-5-6-8-11(9)10(12)13-4-2/h1,5-9H,4H2,2H3. The van der Waals surface area contributed by atoms with Crippen molar-refractivity contribution >= 4 is 6.09 Å². The molecule has 0 N–H and O–H groups in total. The molecule has 1 unspecified atom stereocenters. The molecule has 0 aromatic heterocycles. The van der Waals surface area contributed by atoms with Crippen molar-refractivity contribution in [3.63, 3.8) is 0 Å². The van der Waals surface area contributed by atoms with Gasteiger partial charge in [0.05, 0.1) is 6.61 Å². The molecular weight excluding hydrogens is 166 g/mol. The lowest BCUT2D eigenvalue weighted by Gasteiger charge is -2.23. The molecule has 1 rings (SSSR count). The molecule has 3 heteroatoms. The number of carbonyl (C=O) groups excluding carboxylic acids is 1. The summed E-state index contributed by atoms with van der Waals surface area (Å²) in [6, 6.07) is -0.330. The smallest absolute Gasteiger partial charge is 0.415 e. The van der Waals surface area contributed by atoms with Crippen molar-refractivity contribution in [2.75, 3.05) is 6.61 Å². The topological polar surface area (TPSA) is 29.5 Å². The lowest BCUT2D eigenvalue weighted by atomic mass is 10.2. The molecule has 1 aliphatic rings. The van der Waals surface area contributed by atoms with Gasteiger partial charge in [0.1, 0.15) is 6.04 Å². The molecule has 0 spiro atoms. The molecule has 68 valence electrons. The summed E-state index contributed by atoms with van der Waals surface area (Å²) in [4.78, 5) is 12.7. The second kappa shape index (κ2) is 4.36. The van der Waals surface area contributed by atoms with E-state index in [9.17, 15) is 4.79 Å². The number of rotatable bonds is 1. The molecule has 0 aromatic rings. The first-order valence-electron chi connectivity index (χ1n) is 4.05. The van der Waals surface area contributed by atoms with Crippen molar-refractivity contribution in [3.05, 3.63) is 24.4 Å². The van der Waals surface area contributed by atoms with E-state index in [0.717, 1.165) is 0 Å². The SMILES string of the molecule is C#CC1C=CC=CN1C(=O)OCC. The van der Waals surface area contributed by atoms with Gasteiger partial charge in [0.25, 0.3) is 0 Å². The second-order valence-electron chi connectivity index (χ2n) is 2.44. The van der Waals surface area contributed by atoms with Gasteiger partial charge in [-0.25, -0.2) is 4.79 Å². The molecular formula is C10H11NO2. The Morgan fingerprint density at radius 1 is 1.69 bits per heavy atom. The summed E-state index contributed by atoms with van der Waals surface area (Å²) >= 11 is 0. The van der Waals surface area contributed by atoms with Gasteiger partial charge in [0.2, 0.25) is 0 Å². The molecule has 1 amide bonds. The normalized spacial score (nSPS) is 19.7. The van der Waals surface area contributed by atoms with E-state index < -0.39 is 6.09 Å². The third-order valence-electron chi connectivity index (χ3n) is 1.60. The number of allylic oxidation sites excluding steroid dienone is 2. The number of nitrogens with zero attached hydrogens (tertiary/aromatic N) is 1. The quantitative estimate of drug-likeness (QED) is 0.568. The highest BCUT2D eigenvalue weighted by Gasteiger charge is 2.19. The van der Waals surface area contributed by atoms with Crippen LogP contribution in [0.4, 0.5) is 4.79 Å². The molecule has 1 aliphatic heterocycles. The van der Waals surface area contributed by atoms with Gasteiger partial charge >= 0.3 is 6.09 Å². The van der Waals surface area contributed by atoms with Gasteiger partial charge in [0, 0.05) is 6.20 Å². The van der Waals surface area contributed by atoms with E-state index in [-0.39, 0.29) is 6.04 Å². The molecule has 0 bridgehead atoms. The van der Waals surface area contributed by atoms with Crippen molar-refractivity contribution in [1.82, 2.24) is 4.90 Å². The van der Waals surface area contributed by atoms with E-state index in [0.29, 0.717) is 6.61 Å². The van der Waals surface area contributed by atoms with Gasteiger partial charge in [-0.15, -0.1) is 6.42 Å². The average Bonchev–Trinajstić information content (AvgIpc) is 2.18. The Hall–Kier alpha value is -1.69. The number of amides is 1. The summed E-state index contributed by atoms with van der Waals surface area (Å²) in [6.45, 7) is 2.11. The van der Waals surface area contributed by atoms with Gasteiger partial charge in [0.15, 0.2) is 0 Å². The first-order valence-corrected chi connectivity index (χ1v) is 4.05. The maximum atomic E-state index is 11.3. The predicted molar refractivity (Wildman–Crippen MR) is 49.8 cm³/mol. The third-order valence-corrected chi connectivity index (χ3v) is 1.60. The maximum absolute atomic E-state index is 11.3. The Bertz CT molecular complexity index is 286. The Morgan fingerprint density at radius 3 is 3.08 bits per heavy atom. The molecule has 0 saturated carbocycles. The third kappa shape index (κ3) is 2.12. The first kappa shape index (κ1) is 9.40. The van der Waals surface area contributed by atoms with Crippen LogP contribution >= 0.6 is 0 Å². The van der Waals surface area contributed by atoms with Crippen LogP contribution in [0.15, 0.2) is 24.4 Å². The lowest BCUT2D eigenvalue weighted by molar-refractivity contribution is 0.120. The average molecular weight is 177 g/mol. The summed E-state index contributed by atoms with van der Waals surface area (Å²) in [5, 5.41) is 0. The maximum Gasteiger partial charge on any atom is 0.415 e. The van der Waals surface area contributed by atoms with E-state index in [1.165, 1.54) is 4.90 Å². The molecule has 1 atom stereocenters. The predicted octanol–water partition coefficient (Wildman–Crippen LogP) is 1.53. The molecule has 13 heavy (non-hydrogen) atoms. The first-order chi connectivity index (χ1) is 6.29. The van der Waals surface area contributed by atoms with Crippen molar-refractivity contribution in [2.24, 2.45) is 0 Å². The highest BCUT2D eigenvalue weighted by atomic mass is 16.6. The summed E-state index contributed by atoms with van der Waals surface area (Å²) in [5.41, 5.74) is 0. The number of hydrogen-bond acceptors (Lipinski definition) is 2. The molecule has 0 fully saturated rings. The number of ether oxygens (including phenoxy) is 1. The van der Waals surface area contributed by atoms with Crippen molar-refractivity contribution in [2.45, 2.75) is 13.0 Å².